The normalized spacial score (nSPS) is 12.0. The zero-order chi connectivity index (χ0) is 24.5. The van der Waals surface area contributed by atoms with E-state index in [1.165, 1.54) is 11.8 Å². The monoisotopic (exact) mass is 548 g/mol. The molecule has 0 fully saturated rings. The molecule has 33 heavy (non-hydrogen) atoms. The van der Waals surface area contributed by atoms with Crippen molar-refractivity contribution in [1.82, 2.24) is 10.2 Å². The first-order valence-electron chi connectivity index (χ1n) is 10.7. The number of carbonyl (C=O) groups excluding carboxylic acids is 2. The summed E-state index contributed by atoms with van der Waals surface area (Å²) in [6.45, 7) is 6.73. The van der Waals surface area contributed by atoms with Crippen molar-refractivity contribution in [3.63, 3.8) is 0 Å². The minimum absolute atomic E-state index is 0.152. The minimum Gasteiger partial charge on any atom is -0.354 e. The van der Waals surface area contributed by atoms with Gasteiger partial charge in [0.05, 0.1) is 15.8 Å². The number of rotatable bonds is 11. The van der Waals surface area contributed by atoms with Crippen molar-refractivity contribution < 1.29 is 9.59 Å². The number of halogens is 4. The lowest BCUT2D eigenvalue weighted by molar-refractivity contribution is -0.139. The van der Waals surface area contributed by atoms with E-state index in [0.717, 1.165) is 11.1 Å². The van der Waals surface area contributed by atoms with Gasteiger partial charge >= 0.3 is 0 Å². The van der Waals surface area contributed by atoms with Crippen LogP contribution in [-0.4, -0.2) is 35.1 Å². The molecule has 0 saturated heterocycles. The van der Waals surface area contributed by atoms with E-state index in [1.807, 2.05) is 26.8 Å². The van der Waals surface area contributed by atoms with Crippen molar-refractivity contribution in [1.29, 1.82) is 0 Å². The van der Waals surface area contributed by atoms with E-state index >= 15 is 0 Å². The van der Waals surface area contributed by atoms with Crippen LogP contribution in [0.3, 0.4) is 0 Å². The number of benzene rings is 2. The number of amides is 2. The third-order valence-corrected chi connectivity index (χ3v) is 7.33. The van der Waals surface area contributed by atoms with Gasteiger partial charge in [0.1, 0.15) is 6.04 Å². The molecule has 0 aliphatic carbocycles. The summed E-state index contributed by atoms with van der Waals surface area (Å²) in [7, 11) is 0. The van der Waals surface area contributed by atoms with Crippen molar-refractivity contribution in [3.8, 4) is 0 Å². The van der Waals surface area contributed by atoms with E-state index < -0.39 is 6.04 Å². The molecule has 2 aromatic rings. The predicted molar refractivity (Wildman–Crippen MR) is 142 cm³/mol. The van der Waals surface area contributed by atoms with Crippen LogP contribution in [0.1, 0.15) is 38.3 Å². The summed E-state index contributed by atoms with van der Waals surface area (Å²) in [6.07, 6.45) is 0.484. The van der Waals surface area contributed by atoms with E-state index in [4.69, 9.17) is 46.4 Å². The molecular weight excluding hydrogens is 522 g/mol. The van der Waals surface area contributed by atoms with Crippen molar-refractivity contribution in [2.45, 2.75) is 45.5 Å². The van der Waals surface area contributed by atoms with Gasteiger partial charge in [0.25, 0.3) is 0 Å². The molecule has 9 heteroatoms. The summed E-state index contributed by atoms with van der Waals surface area (Å²) in [5.41, 5.74) is 1.59. The Kier molecular flexibility index (Phi) is 11.7. The van der Waals surface area contributed by atoms with Gasteiger partial charge in [-0.3, -0.25) is 9.59 Å². The highest BCUT2D eigenvalue weighted by molar-refractivity contribution is 7.99. The van der Waals surface area contributed by atoms with Crippen LogP contribution >= 0.6 is 58.2 Å². The molecule has 0 spiro atoms. The van der Waals surface area contributed by atoms with E-state index in [-0.39, 0.29) is 24.1 Å². The first-order chi connectivity index (χ1) is 15.6. The molecule has 0 unspecified atom stereocenters. The number of hydrogen-bond donors (Lipinski definition) is 1. The lowest BCUT2D eigenvalue weighted by Crippen LogP contribution is -2.50. The smallest absolute Gasteiger partial charge is 0.242 e. The van der Waals surface area contributed by atoms with Crippen LogP contribution in [0.25, 0.3) is 0 Å². The fraction of sp³-hybridized carbons (Fsp3) is 0.417. The summed E-state index contributed by atoms with van der Waals surface area (Å²) >= 11 is 26.1. The Labute approximate surface area is 220 Å². The Hall–Kier alpha value is -1.11. The third-order valence-electron chi connectivity index (χ3n) is 4.94. The summed E-state index contributed by atoms with van der Waals surface area (Å²) in [6, 6.07) is 9.95. The second-order valence-corrected chi connectivity index (χ2v) is 10.6. The van der Waals surface area contributed by atoms with Crippen molar-refractivity contribution in [2.75, 3.05) is 12.3 Å². The van der Waals surface area contributed by atoms with Crippen molar-refractivity contribution in [2.24, 2.45) is 5.92 Å². The molecule has 2 rings (SSSR count). The second-order valence-electron chi connectivity index (χ2n) is 8.03. The van der Waals surface area contributed by atoms with Gasteiger partial charge in [-0.05, 0) is 47.7 Å². The first kappa shape index (κ1) is 28.1. The molecule has 1 N–H and O–H groups in total. The van der Waals surface area contributed by atoms with Gasteiger partial charge < -0.3 is 10.2 Å². The van der Waals surface area contributed by atoms with Gasteiger partial charge in [-0.2, -0.15) is 0 Å². The highest BCUT2D eigenvalue weighted by Gasteiger charge is 2.28. The maximum absolute atomic E-state index is 13.3. The topological polar surface area (TPSA) is 49.4 Å². The molecule has 0 heterocycles. The summed E-state index contributed by atoms with van der Waals surface area (Å²) in [5.74, 6) is 0.652. The number of carbonyl (C=O) groups is 2. The lowest BCUT2D eigenvalue weighted by atomic mass is 10.1. The molecular formula is C24H28Cl4N2O2S. The van der Waals surface area contributed by atoms with E-state index in [2.05, 4.69) is 5.32 Å². The third kappa shape index (κ3) is 8.56. The Balaban J connectivity index is 2.19. The van der Waals surface area contributed by atoms with Gasteiger partial charge in [0.15, 0.2) is 0 Å². The van der Waals surface area contributed by atoms with Crippen LogP contribution in [0.4, 0.5) is 0 Å². The largest absolute Gasteiger partial charge is 0.354 e. The average Bonchev–Trinajstić information content (AvgIpc) is 2.76. The molecule has 0 bridgehead atoms. The summed E-state index contributed by atoms with van der Waals surface area (Å²) < 4.78 is 0. The van der Waals surface area contributed by atoms with Crippen LogP contribution < -0.4 is 5.32 Å². The first-order valence-corrected chi connectivity index (χ1v) is 13.3. The predicted octanol–water partition coefficient (Wildman–Crippen LogP) is 7.11. The fourth-order valence-electron chi connectivity index (χ4n) is 3.17. The van der Waals surface area contributed by atoms with E-state index in [1.54, 1.807) is 35.2 Å². The highest BCUT2D eigenvalue weighted by atomic mass is 35.5. The fourth-order valence-corrected chi connectivity index (χ4v) is 5.14. The quantitative estimate of drug-likeness (QED) is 0.325. The maximum atomic E-state index is 13.3. The Morgan fingerprint density at radius 2 is 1.67 bits per heavy atom. The molecule has 0 aliphatic rings. The molecule has 0 aliphatic heterocycles. The Bertz CT molecular complexity index is 951. The van der Waals surface area contributed by atoms with E-state index in [0.29, 0.717) is 44.7 Å². The SMILES string of the molecule is CC[C@H](C(=O)NCC(C)C)N(Cc1ccc(Cl)c(Cl)c1)C(=O)CSCc1c(Cl)cccc1Cl. The van der Waals surface area contributed by atoms with Crippen molar-refractivity contribution >= 4 is 70.0 Å². The molecule has 4 nitrogen and oxygen atoms in total. The van der Waals surface area contributed by atoms with Crippen LogP contribution in [0, 0.1) is 5.92 Å². The molecule has 180 valence electrons. The molecule has 2 aromatic carbocycles. The van der Waals surface area contributed by atoms with Crippen LogP contribution in [0.15, 0.2) is 36.4 Å². The number of nitrogens with zero attached hydrogens (tertiary/aromatic N) is 1. The number of thioether (sulfide) groups is 1. The maximum Gasteiger partial charge on any atom is 0.242 e. The molecule has 2 amide bonds. The van der Waals surface area contributed by atoms with Gasteiger partial charge in [-0.15, -0.1) is 11.8 Å². The molecule has 1 atom stereocenters. The molecule has 0 saturated carbocycles. The van der Waals surface area contributed by atoms with E-state index in [9.17, 15) is 9.59 Å². The standard InChI is InChI=1S/C24H28Cl4N2O2S/c1-4-22(24(32)29-11-15(2)3)30(12-16-8-9-20(27)21(28)10-16)23(31)14-33-13-17-18(25)6-5-7-19(17)26/h5-10,15,22H,4,11-14H2,1-3H3,(H,29,32)/t22-/m1/s1. The van der Waals surface area contributed by atoms with Gasteiger partial charge in [0, 0.05) is 28.9 Å². The molecule has 0 radical (unpaired) electrons. The van der Waals surface area contributed by atoms with Crippen molar-refractivity contribution in [3.05, 3.63) is 67.6 Å². The Morgan fingerprint density at radius 1 is 1.00 bits per heavy atom. The average molecular weight is 550 g/mol. The zero-order valence-corrected chi connectivity index (χ0v) is 22.7. The lowest BCUT2D eigenvalue weighted by Gasteiger charge is -2.31. The van der Waals surface area contributed by atoms with Crippen LogP contribution in [0.5, 0.6) is 0 Å². The summed E-state index contributed by atoms with van der Waals surface area (Å²) in [5, 5.41) is 4.92. The van der Waals surface area contributed by atoms with Gasteiger partial charge in [-0.25, -0.2) is 0 Å². The van der Waals surface area contributed by atoms with Gasteiger partial charge in [0.2, 0.25) is 11.8 Å². The molecule has 0 aromatic heterocycles. The van der Waals surface area contributed by atoms with Crippen LogP contribution in [-0.2, 0) is 21.9 Å². The minimum atomic E-state index is -0.602. The number of nitrogens with one attached hydrogen (secondary N) is 1. The van der Waals surface area contributed by atoms with Gasteiger partial charge in [-0.1, -0.05) is 79.3 Å². The van der Waals surface area contributed by atoms with Crippen LogP contribution in [0.2, 0.25) is 20.1 Å². The zero-order valence-electron chi connectivity index (χ0n) is 18.8. The summed E-state index contributed by atoms with van der Waals surface area (Å²) in [4.78, 5) is 27.8. The second kappa shape index (κ2) is 13.7. The highest BCUT2D eigenvalue weighted by Crippen LogP contribution is 2.29. The Morgan fingerprint density at radius 3 is 2.24 bits per heavy atom. The number of hydrogen-bond acceptors (Lipinski definition) is 3.